The summed E-state index contributed by atoms with van der Waals surface area (Å²) in [6.45, 7) is 3.50. The molecule has 1 atom stereocenters. The van der Waals surface area contributed by atoms with Gasteiger partial charge in [-0.05, 0) is 49.6 Å². The van der Waals surface area contributed by atoms with Gasteiger partial charge in [0.2, 0.25) is 0 Å². The van der Waals surface area contributed by atoms with Gasteiger partial charge in [0.15, 0.2) is 0 Å². The van der Waals surface area contributed by atoms with Gasteiger partial charge in [-0.2, -0.15) is 0 Å². The van der Waals surface area contributed by atoms with Crippen LogP contribution >= 0.6 is 23.2 Å². The predicted octanol–water partition coefficient (Wildman–Crippen LogP) is 6.47. The van der Waals surface area contributed by atoms with Gasteiger partial charge in [-0.1, -0.05) is 36.4 Å². The Hall–Kier alpha value is -2.49. The molecule has 0 saturated heterocycles. The lowest BCUT2D eigenvalue weighted by Gasteiger charge is -2.27. The molecular weight excluding hydrogens is 395 g/mol. The lowest BCUT2D eigenvalue weighted by atomic mass is 9.87. The fraction of sp³-hybridized carbons (Fsp3) is 0.174. The maximum atomic E-state index is 12.0. The number of hydrogen-bond acceptors (Lipinski definition) is 3. The van der Waals surface area contributed by atoms with Crippen molar-refractivity contribution in [2.24, 2.45) is 0 Å². The smallest absolute Gasteiger partial charge is 0.335 e. The normalized spacial score (nSPS) is 15.7. The van der Waals surface area contributed by atoms with Crippen molar-refractivity contribution in [3.05, 3.63) is 77.3 Å². The number of esters is 1. The van der Waals surface area contributed by atoms with Crippen molar-refractivity contribution in [1.82, 2.24) is 0 Å². The van der Waals surface area contributed by atoms with Crippen molar-refractivity contribution in [3.63, 3.8) is 0 Å². The first-order valence-electron chi connectivity index (χ1n) is 9.05. The molecule has 0 fully saturated rings. The van der Waals surface area contributed by atoms with E-state index in [2.05, 4.69) is 6.58 Å². The maximum absolute atomic E-state index is 12.0. The first-order valence-corrected chi connectivity index (χ1v) is 9.86. The Morgan fingerprint density at radius 1 is 1.07 bits per heavy atom. The van der Waals surface area contributed by atoms with E-state index in [0.29, 0.717) is 17.2 Å². The molecular formula is C23H18Cl2O3. The average molecular weight is 413 g/mol. The fourth-order valence-corrected chi connectivity index (χ4v) is 4.02. The molecule has 1 unspecified atom stereocenters. The van der Waals surface area contributed by atoms with Crippen molar-refractivity contribution in [2.75, 3.05) is 0 Å². The summed E-state index contributed by atoms with van der Waals surface area (Å²) in [5.74, 6) is 1.47. The number of para-hydroxylation sites is 1. The van der Waals surface area contributed by atoms with Gasteiger partial charge in [-0.3, -0.25) is 0 Å². The highest BCUT2D eigenvalue weighted by Gasteiger charge is 2.28. The zero-order valence-electron chi connectivity index (χ0n) is 15.1. The summed E-state index contributed by atoms with van der Waals surface area (Å²) < 4.78 is 12.0. The van der Waals surface area contributed by atoms with E-state index in [1.165, 1.54) is 0 Å². The topological polar surface area (TPSA) is 35.5 Å². The second-order valence-electron chi connectivity index (χ2n) is 6.69. The minimum Gasteiger partial charge on any atom is -0.456 e. The van der Waals surface area contributed by atoms with Crippen LogP contribution in [0.5, 0.6) is 17.2 Å². The summed E-state index contributed by atoms with van der Waals surface area (Å²) in [5.41, 5.74) is 1.91. The molecule has 0 aromatic heterocycles. The third kappa shape index (κ3) is 3.60. The Bertz CT molecular complexity index is 1060. The van der Waals surface area contributed by atoms with Crippen LogP contribution in [-0.2, 0) is 17.6 Å². The van der Waals surface area contributed by atoms with E-state index >= 15 is 0 Å². The summed E-state index contributed by atoms with van der Waals surface area (Å²) >= 11 is 12.7. The Kier molecular flexibility index (Phi) is 5.29. The van der Waals surface area contributed by atoms with Crippen molar-refractivity contribution in [2.45, 2.75) is 24.6 Å². The molecule has 3 nitrogen and oxygen atoms in total. The van der Waals surface area contributed by atoms with E-state index in [-0.39, 0.29) is 5.38 Å². The molecule has 0 heterocycles. The number of carbonyl (C=O) groups is 1. The lowest BCUT2D eigenvalue weighted by molar-refractivity contribution is -0.128. The van der Waals surface area contributed by atoms with Gasteiger partial charge in [-0.25, -0.2) is 4.79 Å². The molecule has 3 aromatic carbocycles. The van der Waals surface area contributed by atoms with Crippen LogP contribution in [-0.4, -0.2) is 11.3 Å². The third-order valence-electron chi connectivity index (χ3n) is 4.85. The molecule has 1 aliphatic carbocycles. The monoisotopic (exact) mass is 412 g/mol. The van der Waals surface area contributed by atoms with Crippen molar-refractivity contribution in [1.29, 1.82) is 0 Å². The predicted molar refractivity (Wildman–Crippen MR) is 113 cm³/mol. The average Bonchev–Trinajstić information content (AvgIpc) is 2.71. The number of rotatable bonds is 4. The van der Waals surface area contributed by atoms with Gasteiger partial charge in [0.05, 0.1) is 0 Å². The highest BCUT2D eigenvalue weighted by atomic mass is 35.5. The fourth-order valence-electron chi connectivity index (χ4n) is 3.59. The van der Waals surface area contributed by atoms with E-state index in [4.69, 9.17) is 32.7 Å². The van der Waals surface area contributed by atoms with Crippen LogP contribution in [0, 0.1) is 0 Å². The molecule has 0 amide bonds. The first kappa shape index (κ1) is 18.9. The minimum absolute atomic E-state index is 0.0250. The zero-order valence-corrected chi connectivity index (χ0v) is 16.6. The molecule has 142 valence electrons. The van der Waals surface area contributed by atoms with Crippen LogP contribution in [0.2, 0.25) is 5.02 Å². The van der Waals surface area contributed by atoms with Crippen LogP contribution < -0.4 is 9.47 Å². The van der Waals surface area contributed by atoms with Crippen LogP contribution in [0.3, 0.4) is 0 Å². The molecule has 0 spiro atoms. The highest BCUT2D eigenvalue weighted by Crippen LogP contribution is 2.47. The summed E-state index contributed by atoms with van der Waals surface area (Å²) in [6.07, 6.45) is 3.30. The number of ether oxygens (including phenoxy) is 2. The Morgan fingerprint density at radius 3 is 2.61 bits per heavy atom. The maximum Gasteiger partial charge on any atom is 0.335 e. The SMILES string of the molecule is C=CC(=O)Oc1c2c(c(Oc3ccccc3)c3cc(Cl)ccc13)CCC(Cl)C2. The number of carbonyl (C=O) groups excluding carboxylic acids is 1. The zero-order chi connectivity index (χ0) is 19.7. The first-order chi connectivity index (χ1) is 13.6. The molecule has 0 bridgehead atoms. The number of halogens is 2. The molecule has 28 heavy (non-hydrogen) atoms. The van der Waals surface area contributed by atoms with Gasteiger partial charge < -0.3 is 9.47 Å². The van der Waals surface area contributed by atoms with Gasteiger partial charge in [-0.15, -0.1) is 11.6 Å². The molecule has 5 heteroatoms. The summed E-state index contributed by atoms with van der Waals surface area (Å²) in [6, 6.07) is 15.1. The van der Waals surface area contributed by atoms with Crippen LogP contribution in [0.15, 0.2) is 61.2 Å². The molecule has 3 aromatic rings. The largest absolute Gasteiger partial charge is 0.456 e. The molecule has 0 saturated carbocycles. The number of alkyl halides is 1. The van der Waals surface area contributed by atoms with Gasteiger partial charge in [0.25, 0.3) is 0 Å². The Labute approximate surface area is 173 Å². The van der Waals surface area contributed by atoms with Crippen molar-refractivity contribution in [3.8, 4) is 17.2 Å². The summed E-state index contributed by atoms with van der Waals surface area (Å²) in [4.78, 5) is 12.0. The van der Waals surface area contributed by atoms with Crippen molar-refractivity contribution >= 4 is 39.9 Å². The molecule has 0 N–H and O–H groups in total. The van der Waals surface area contributed by atoms with Gasteiger partial charge in [0.1, 0.15) is 17.2 Å². The molecule has 0 radical (unpaired) electrons. The van der Waals surface area contributed by atoms with Gasteiger partial charge >= 0.3 is 5.97 Å². The number of hydrogen-bond donors (Lipinski definition) is 0. The number of fused-ring (bicyclic) bond motifs is 2. The summed E-state index contributed by atoms with van der Waals surface area (Å²) in [5, 5.41) is 2.12. The molecule has 1 aliphatic rings. The van der Waals surface area contributed by atoms with Gasteiger partial charge in [0, 0.05) is 38.4 Å². The second-order valence-corrected chi connectivity index (χ2v) is 7.74. The van der Waals surface area contributed by atoms with E-state index < -0.39 is 5.97 Å². The van der Waals surface area contributed by atoms with Crippen molar-refractivity contribution < 1.29 is 14.3 Å². The second kappa shape index (κ2) is 7.86. The summed E-state index contributed by atoms with van der Waals surface area (Å²) in [7, 11) is 0. The van der Waals surface area contributed by atoms with Crippen LogP contribution in [0.1, 0.15) is 17.5 Å². The molecule has 0 aliphatic heterocycles. The van der Waals surface area contributed by atoms with E-state index in [1.807, 2.05) is 42.5 Å². The number of benzene rings is 3. The lowest BCUT2D eigenvalue weighted by Crippen LogP contribution is -2.18. The highest BCUT2D eigenvalue weighted by molar-refractivity contribution is 6.31. The van der Waals surface area contributed by atoms with E-state index in [9.17, 15) is 4.79 Å². The van der Waals surface area contributed by atoms with Crippen LogP contribution in [0.25, 0.3) is 10.8 Å². The Morgan fingerprint density at radius 2 is 1.86 bits per heavy atom. The Balaban J connectivity index is 1.99. The quantitative estimate of drug-likeness (QED) is 0.213. The van der Waals surface area contributed by atoms with Crippen LogP contribution in [0.4, 0.5) is 0 Å². The van der Waals surface area contributed by atoms with E-state index in [0.717, 1.165) is 52.3 Å². The molecule has 4 rings (SSSR count). The van der Waals surface area contributed by atoms with E-state index in [1.54, 1.807) is 6.07 Å². The minimum atomic E-state index is -0.508. The standard InChI is InChI=1S/C23H18Cl2O3/c1-2-21(26)28-23-18-11-9-14(24)12-19(18)22(27-16-6-4-3-5-7-16)17-10-8-15(25)13-20(17)23/h2-7,9,11-12,15H,1,8,10,13H2. The third-order valence-corrected chi connectivity index (χ3v) is 5.46.